The first kappa shape index (κ1) is 12.9. The molecule has 0 aliphatic heterocycles. The van der Waals surface area contributed by atoms with Crippen molar-refractivity contribution in [2.45, 2.75) is 37.8 Å². The molecular formula is C14H20N2O2. The van der Waals surface area contributed by atoms with Gasteiger partial charge < -0.3 is 15.8 Å². The van der Waals surface area contributed by atoms with Crippen LogP contribution in [0.25, 0.3) is 0 Å². The van der Waals surface area contributed by atoms with E-state index in [1.165, 1.54) is 7.11 Å². The Balaban J connectivity index is 2.10. The van der Waals surface area contributed by atoms with E-state index in [0.29, 0.717) is 11.6 Å². The van der Waals surface area contributed by atoms with Crippen LogP contribution in [0, 0.1) is 0 Å². The largest absolute Gasteiger partial charge is 0.465 e. The highest BCUT2D eigenvalue weighted by Gasteiger charge is 2.20. The fraction of sp³-hybridized carbons (Fsp3) is 0.500. The average Bonchev–Trinajstić information content (AvgIpc) is 2.38. The molecule has 0 bridgehead atoms. The van der Waals surface area contributed by atoms with Crippen LogP contribution in [-0.4, -0.2) is 25.2 Å². The Labute approximate surface area is 108 Å². The van der Waals surface area contributed by atoms with E-state index < -0.39 is 0 Å². The van der Waals surface area contributed by atoms with E-state index in [1.54, 1.807) is 6.07 Å². The molecule has 2 unspecified atom stereocenters. The van der Waals surface area contributed by atoms with E-state index in [1.807, 2.05) is 18.2 Å². The minimum absolute atomic E-state index is 0.265. The molecule has 0 spiro atoms. The summed E-state index contributed by atoms with van der Waals surface area (Å²) < 4.78 is 4.78. The molecule has 1 aliphatic carbocycles. The summed E-state index contributed by atoms with van der Waals surface area (Å²) in [7, 11) is 1.40. The smallest absolute Gasteiger partial charge is 0.339 e. The van der Waals surface area contributed by atoms with Gasteiger partial charge in [0.1, 0.15) is 0 Å². The molecule has 1 fully saturated rings. The minimum Gasteiger partial charge on any atom is -0.465 e. The zero-order chi connectivity index (χ0) is 13.0. The van der Waals surface area contributed by atoms with Crippen LogP contribution in [0.2, 0.25) is 0 Å². The van der Waals surface area contributed by atoms with Crippen LogP contribution in [-0.2, 0) is 4.74 Å². The van der Waals surface area contributed by atoms with Crippen molar-refractivity contribution in [3.05, 3.63) is 29.8 Å². The number of hydrogen-bond donors (Lipinski definition) is 2. The number of carbonyl (C=O) groups is 1. The monoisotopic (exact) mass is 248 g/mol. The zero-order valence-electron chi connectivity index (χ0n) is 10.7. The first-order chi connectivity index (χ1) is 8.70. The van der Waals surface area contributed by atoms with Crippen molar-refractivity contribution < 1.29 is 9.53 Å². The van der Waals surface area contributed by atoms with Crippen LogP contribution in [0.5, 0.6) is 0 Å². The third kappa shape index (κ3) is 3.01. The molecule has 0 saturated heterocycles. The number of benzene rings is 1. The maximum Gasteiger partial charge on any atom is 0.339 e. The summed E-state index contributed by atoms with van der Waals surface area (Å²) in [4.78, 5) is 11.7. The number of nitrogens with two attached hydrogens (primary N) is 1. The molecule has 4 nitrogen and oxygen atoms in total. The molecular weight excluding hydrogens is 228 g/mol. The molecule has 2 rings (SSSR count). The number of rotatable bonds is 3. The van der Waals surface area contributed by atoms with Crippen molar-refractivity contribution >= 4 is 11.7 Å². The van der Waals surface area contributed by atoms with Crippen molar-refractivity contribution in [1.29, 1.82) is 0 Å². The van der Waals surface area contributed by atoms with Crippen molar-refractivity contribution in [2.24, 2.45) is 5.73 Å². The van der Waals surface area contributed by atoms with Gasteiger partial charge in [-0.2, -0.15) is 0 Å². The second kappa shape index (κ2) is 5.87. The molecule has 3 N–H and O–H groups in total. The molecule has 18 heavy (non-hydrogen) atoms. The third-order valence-electron chi connectivity index (χ3n) is 3.41. The Kier molecular flexibility index (Phi) is 4.20. The van der Waals surface area contributed by atoms with Gasteiger partial charge in [0.2, 0.25) is 0 Å². The number of methoxy groups -OCH3 is 1. The fourth-order valence-electron chi connectivity index (χ4n) is 2.48. The summed E-state index contributed by atoms with van der Waals surface area (Å²) >= 11 is 0. The topological polar surface area (TPSA) is 64.3 Å². The van der Waals surface area contributed by atoms with Crippen LogP contribution >= 0.6 is 0 Å². The molecule has 1 aliphatic rings. The highest BCUT2D eigenvalue weighted by molar-refractivity contribution is 5.95. The molecule has 1 aromatic carbocycles. The molecule has 4 heteroatoms. The van der Waals surface area contributed by atoms with E-state index in [0.717, 1.165) is 31.4 Å². The molecule has 2 atom stereocenters. The van der Waals surface area contributed by atoms with Gasteiger partial charge in [-0.15, -0.1) is 0 Å². The standard InChI is InChI=1S/C14H20N2O2/c1-18-14(17)12-7-2-3-8-13(12)16-11-6-4-5-10(15)9-11/h2-3,7-8,10-11,16H,4-6,9,15H2,1H3. The van der Waals surface area contributed by atoms with E-state index in [9.17, 15) is 4.79 Å². The van der Waals surface area contributed by atoms with Crippen LogP contribution < -0.4 is 11.1 Å². The van der Waals surface area contributed by atoms with E-state index in [4.69, 9.17) is 10.5 Å². The average molecular weight is 248 g/mol. The van der Waals surface area contributed by atoms with Gasteiger partial charge in [-0.3, -0.25) is 0 Å². The van der Waals surface area contributed by atoms with Gasteiger partial charge in [0.05, 0.1) is 12.7 Å². The summed E-state index contributed by atoms with van der Waals surface area (Å²) in [6.07, 6.45) is 4.29. The number of carbonyl (C=O) groups excluding carboxylic acids is 1. The van der Waals surface area contributed by atoms with Gasteiger partial charge in [-0.1, -0.05) is 12.1 Å². The second-order valence-electron chi connectivity index (χ2n) is 4.81. The second-order valence-corrected chi connectivity index (χ2v) is 4.81. The Morgan fingerprint density at radius 3 is 2.89 bits per heavy atom. The lowest BCUT2D eigenvalue weighted by molar-refractivity contribution is 0.0602. The van der Waals surface area contributed by atoms with Crippen LogP contribution in [0.4, 0.5) is 5.69 Å². The van der Waals surface area contributed by atoms with Crippen LogP contribution in [0.15, 0.2) is 24.3 Å². The summed E-state index contributed by atoms with van der Waals surface area (Å²) in [5.74, 6) is -0.307. The Morgan fingerprint density at radius 2 is 2.17 bits per heavy atom. The lowest BCUT2D eigenvalue weighted by Crippen LogP contribution is -2.35. The van der Waals surface area contributed by atoms with Crippen LogP contribution in [0.3, 0.4) is 0 Å². The first-order valence-corrected chi connectivity index (χ1v) is 6.40. The fourth-order valence-corrected chi connectivity index (χ4v) is 2.48. The van der Waals surface area contributed by atoms with Gasteiger partial charge in [0.15, 0.2) is 0 Å². The summed E-state index contributed by atoms with van der Waals surface area (Å²) in [6, 6.07) is 8.05. The summed E-state index contributed by atoms with van der Waals surface area (Å²) in [6.45, 7) is 0. The molecule has 0 aromatic heterocycles. The van der Waals surface area contributed by atoms with E-state index >= 15 is 0 Å². The van der Waals surface area contributed by atoms with E-state index in [2.05, 4.69) is 5.32 Å². The molecule has 98 valence electrons. The number of ether oxygens (including phenoxy) is 1. The third-order valence-corrected chi connectivity index (χ3v) is 3.41. The summed E-state index contributed by atoms with van der Waals surface area (Å²) in [5.41, 5.74) is 7.39. The Bertz CT molecular complexity index is 420. The number of esters is 1. The molecule has 0 radical (unpaired) electrons. The number of nitrogens with one attached hydrogen (secondary N) is 1. The molecule has 1 aromatic rings. The Morgan fingerprint density at radius 1 is 1.39 bits per heavy atom. The van der Waals surface area contributed by atoms with Gasteiger partial charge in [0, 0.05) is 17.8 Å². The van der Waals surface area contributed by atoms with Gasteiger partial charge in [-0.05, 0) is 37.8 Å². The van der Waals surface area contributed by atoms with Crippen molar-refractivity contribution in [1.82, 2.24) is 0 Å². The predicted octanol–water partition coefficient (Wildman–Crippen LogP) is 2.16. The highest BCUT2D eigenvalue weighted by Crippen LogP contribution is 2.23. The Hall–Kier alpha value is -1.55. The van der Waals surface area contributed by atoms with Gasteiger partial charge in [0.25, 0.3) is 0 Å². The summed E-state index contributed by atoms with van der Waals surface area (Å²) in [5, 5.41) is 3.41. The van der Waals surface area contributed by atoms with Crippen molar-refractivity contribution in [3.8, 4) is 0 Å². The maximum absolute atomic E-state index is 11.7. The van der Waals surface area contributed by atoms with Crippen LogP contribution in [0.1, 0.15) is 36.0 Å². The lowest BCUT2D eigenvalue weighted by Gasteiger charge is -2.28. The quantitative estimate of drug-likeness (QED) is 0.804. The lowest BCUT2D eigenvalue weighted by atomic mass is 9.91. The molecule has 1 saturated carbocycles. The van der Waals surface area contributed by atoms with Gasteiger partial charge in [-0.25, -0.2) is 4.79 Å². The maximum atomic E-state index is 11.7. The first-order valence-electron chi connectivity index (χ1n) is 6.40. The number of para-hydroxylation sites is 1. The SMILES string of the molecule is COC(=O)c1ccccc1NC1CCCC(N)C1. The predicted molar refractivity (Wildman–Crippen MR) is 71.6 cm³/mol. The van der Waals surface area contributed by atoms with Crippen molar-refractivity contribution in [3.63, 3.8) is 0 Å². The zero-order valence-corrected chi connectivity index (χ0v) is 10.7. The molecule has 0 amide bonds. The van der Waals surface area contributed by atoms with Crippen molar-refractivity contribution in [2.75, 3.05) is 12.4 Å². The highest BCUT2D eigenvalue weighted by atomic mass is 16.5. The molecule has 0 heterocycles. The number of hydrogen-bond acceptors (Lipinski definition) is 4. The van der Waals surface area contributed by atoms with Gasteiger partial charge >= 0.3 is 5.97 Å². The van der Waals surface area contributed by atoms with E-state index in [-0.39, 0.29) is 12.0 Å². The minimum atomic E-state index is -0.307. The number of anilines is 1. The normalized spacial score (nSPS) is 23.4.